The molecule has 0 aliphatic carbocycles. The second-order valence-corrected chi connectivity index (χ2v) is 5.94. The molecule has 0 atom stereocenters. The summed E-state index contributed by atoms with van der Waals surface area (Å²) >= 11 is 0. The molecule has 5 heteroatoms. The first-order chi connectivity index (χ1) is 11.4. The van der Waals surface area contributed by atoms with E-state index in [2.05, 4.69) is 15.5 Å². The van der Waals surface area contributed by atoms with Crippen molar-refractivity contribution < 1.29 is 9.90 Å². The number of benzene rings is 2. The van der Waals surface area contributed by atoms with E-state index in [0.717, 1.165) is 16.8 Å². The Balaban J connectivity index is 1.83. The van der Waals surface area contributed by atoms with E-state index in [-0.39, 0.29) is 11.7 Å². The van der Waals surface area contributed by atoms with Crippen LogP contribution in [0.15, 0.2) is 42.5 Å². The van der Waals surface area contributed by atoms with E-state index < -0.39 is 0 Å². The van der Waals surface area contributed by atoms with Crippen molar-refractivity contribution in [1.82, 2.24) is 10.2 Å². The van der Waals surface area contributed by atoms with E-state index in [4.69, 9.17) is 0 Å². The number of rotatable bonds is 3. The average Bonchev–Trinajstić information content (AvgIpc) is 3.03. The molecule has 1 amide bonds. The van der Waals surface area contributed by atoms with Crippen molar-refractivity contribution in [3.05, 3.63) is 64.8 Å². The van der Waals surface area contributed by atoms with Gasteiger partial charge in [0.1, 0.15) is 11.4 Å². The molecule has 1 heterocycles. The Bertz CT molecular complexity index is 913. The topological polar surface area (TPSA) is 78.0 Å². The first-order valence-electron chi connectivity index (χ1n) is 7.68. The fraction of sp³-hybridized carbons (Fsp3) is 0.158. The molecule has 0 aliphatic heterocycles. The highest BCUT2D eigenvalue weighted by molar-refractivity contribution is 6.03. The molecule has 2 aromatic carbocycles. The van der Waals surface area contributed by atoms with Gasteiger partial charge in [0.05, 0.1) is 5.69 Å². The number of phenolic OH excluding ortho intramolecular Hbond substituents is 1. The Hall–Kier alpha value is -3.08. The molecule has 0 saturated heterocycles. The van der Waals surface area contributed by atoms with Gasteiger partial charge in [0.2, 0.25) is 0 Å². The number of aromatic nitrogens is 2. The van der Waals surface area contributed by atoms with Crippen molar-refractivity contribution in [1.29, 1.82) is 0 Å². The highest BCUT2D eigenvalue weighted by Crippen LogP contribution is 2.29. The van der Waals surface area contributed by atoms with Crippen LogP contribution in [0.2, 0.25) is 0 Å². The average molecular weight is 321 g/mol. The summed E-state index contributed by atoms with van der Waals surface area (Å²) in [7, 11) is 0. The van der Waals surface area contributed by atoms with Crippen LogP contribution in [0.3, 0.4) is 0 Å². The molecule has 0 aliphatic rings. The van der Waals surface area contributed by atoms with Crippen molar-refractivity contribution in [2.75, 3.05) is 5.32 Å². The van der Waals surface area contributed by atoms with Crippen molar-refractivity contribution in [2.24, 2.45) is 0 Å². The molecule has 0 unspecified atom stereocenters. The number of hydrogen-bond acceptors (Lipinski definition) is 3. The van der Waals surface area contributed by atoms with Gasteiger partial charge in [0.15, 0.2) is 0 Å². The Kier molecular flexibility index (Phi) is 4.08. The third kappa shape index (κ3) is 3.15. The smallest absolute Gasteiger partial charge is 0.273 e. The quantitative estimate of drug-likeness (QED) is 0.683. The molecule has 0 spiro atoms. The van der Waals surface area contributed by atoms with E-state index in [1.807, 2.05) is 51.1 Å². The van der Waals surface area contributed by atoms with Crippen LogP contribution in [0.4, 0.5) is 5.69 Å². The number of carbonyl (C=O) groups is 1. The van der Waals surface area contributed by atoms with Crippen LogP contribution >= 0.6 is 0 Å². The SMILES string of the molecule is Cc1ccc(O)c(-c2cc(C(=O)Nc3ccc(C)c(C)c3)[nH]n2)c1. The Morgan fingerprint density at radius 3 is 2.58 bits per heavy atom. The Labute approximate surface area is 140 Å². The molecule has 24 heavy (non-hydrogen) atoms. The number of nitrogens with zero attached hydrogens (tertiary/aromatic N) is 1. The molecular formula is C19H19N3O2. The van der Waals surface area contributed by atoms with E-state index in [0.29, 0.717) is 17.0 Å². The second kappa shape index (κ2) is 6.20. The Morgan fingerprint density at radius 1 is 1.04 bits per heavy atom. The van der Waals surface area contributed by atoms with Crippen LogP contribution in [0.1, 0.15) is 27.2 Å². The number of nitrogens with one attached hydrogen (secondary N) is 2. The summed E-state index contributed by atoms with van der Waals surface area (Å²) in [6, 6.07) is 12.7. The lowest BCUT2D eigenvalue weighted by molar-refractivity contribution is 0.102. The minimum atomic E-state index is -0.274. The number of aryl methyl sites for hydroxylation is 3. The number of phenols is 1. The molecule has 0 bridgehead atoms. The van der Waals surface area contributed by atoms with Gasteiger partial charge >= 0.3 is 0 Å². The van der Waals surface area contributed by atoms with Crippen LogP contribution in [-0.2, 0) is 0 Å². The van der Waals surface area contributed by atoms with Gasteiger partial charge in [-0.1, -0.05) is 17.7 Å². The molecule has 5 nitrogen and oxygen atoms in total. The molecule has 0 radical (unpaired) electrons. The molecule has 122 valence electrons. The van der Waals surface area contributed by atoms with Gasteiger partial charge in [-0.15, -0.1) is 0 Å². The van der Waals surface area contributed by atoms with Gasteiger partial charge in [0.25, 0.3) is 5.91 Å². The maximum absolute atomic E-state index is 12.4. The maximum Gasteiger partial charge on any atom is 0.273 e. The highest BCUT2D eigenvalue weighted by Gasteiger charge is 2.14. The molecule has 3 aromatic rings. The van der Waals surface area contributed by atoms with Crippen molar-refractivity contribution in [3.8, 4) is 17.0 Å². The summed E-state index contributed by atoms with van der Waals surface area (Å²) < 4.78 is 0. The largest absolute Gasteiger partial charge is 0.507 e. The van der Waals surface area contributed by atoms with E-state index in [1.54, 1.807) is 12.1 Å². The van der Waals surface area contributed by atoms with E-state index >= 15 is 0 Å². The van der Waals surface area contributed by atoms with Crippen LogP contribution in [0.5, 0.6) is 5.75 Å². The zero-order valence-corrected chi connectivity index (χ0v) is 13.8. The number of carbonyl (C=O) groups excluding carboxylic acids is 1. The molecular weight excluding hydrogens is 302 g/mol. The summed E-state index contributed by atoms with van der Waals surface area (Å²) in [5.41, 5.74) is 5.49. The molecule has 3 N–H and O–H groups in total. The number of aromatic amines is 1. The molecule has 0 fully saturated rings. The number of amides is 1. The van der Waals surface area contributed by atoms with Gasteiger partial charge < -0.3 is 10.4 Å². The van der Waals surface area contributed by atoms with Crippen molar-refractivity contribution >= 4 is 11.6 Å². The summed E-state index contributed by atoms with van der Waals surface area (Å²) in [6.07, 6.45) is 0. The number of anilines is 1. The minimum Gasteiger partial charge on any atom is -0.507 e. The van der Waals surface area contributed by atoms with Crippen molar-refractivity contribution in [3.63, 3.8) is 0 Å². The normalized spacial score (nSPS) is 10.6. The van der Waals surface area contributed by atoms with Gasteiger partial charge in [-0.3, -0.25) is 9.89 Å². The number of hydrogen-bond donors (Lipinski definition) is 3. The van der Waals surface area contributed by atoms with Crippen LogP contribution in [0, 0.1) is 20.8 Å². The first-order valence-corrected chi connectivity index (χ1v) is 7.68. The highest BCUT2D eigenvalue weighted by atomic mass is 16.3. The second-order valence-electron chi connectivity index (χ2n) is 5.94. The van der Waals surface area contributed by atoms with Crippen molar-refractivity contribution in [2.45, 2.75) is 20.8 Å². The molecule has 1 aromatic heterocycles. The summed E-state index contributed by atoms with van der Waals surface area (Å²) in [5, 5.41) is 19.7. The monoisotopic (exact) mass is 321 g/mol. The van der Waals surface area contributed by atoms with E-state index in [9.17, 15) is 9.90 Å². The predicted molar refractivity (Wildman–Crippen MR) is 94.3 cm³/mol. The third-order valence-corrected chi connectivity index (χ3v) is 4.02. The van der Waals surface area contributed by atoms with Gasteiger partial charge in [0, 0.05) is 11.3 Å². The first kappa shape index (κ1) is 15.8. The lowest BCUT2D eigenvalue weighted by Gasteiger charge is -2.06. The molecule has 3 rings (SSSR count). The number of aromatic hydroxyl groups is 1. The van der Waals surface area contributed by atoms with Gasteiger partial charge in [-0.05, 0) is 62.2 Å². The van der Waals surface area contributed by atoms with Crippen LogP contribution < -0.4 is 5.32 Å². The van der Waals surface area contributed by atoms with Crippen LogP contribution in [0.25, 0.3) is 11.3 Å². The summed E-state index contributed by atoms with van der Waals surface area (Å²) in [4.78, 5) is 12.4. The number of H-pyrrole nitrogens is 1. The van der Waals surface area contributed by atoms with Gasteiger partial charge in [-0.2, -0.15) is 5.10 Å². The lowest BCUT2D eigenvalue weighted by atomic mass is 10.1. The third-order valence-electron chi connectivity index (χ3n) is 4.02. The van der Waals surface area contributed by atoms with Crippen LogP contribution in [-0.4, -0.2) is 21.2 Å². The fourth-order valence-corrected chi connectivity index (χ4v) is 2.45. The summed E-state index contributed by atoms with van der Waals surface area (Å²) in [5.74, 6) is -0.141. The molecule has 0 saturated carbocycles. The maximum atomic E-state index is 12.4. The predicted octanol–water partition coefficient (Wildman–Crippen LogP) is 3.96. The standard InChI is InChI=1S/C19H19N3O2/c1-11-4-7-18(23)15(8-11)16-10-17(22-21-16)19(24)20-14-6-5-12(2)13(3)9-14/h4-10,23H,1-3H3,(H,20,24)(H,21,22). The van der Waals surface area contributed by atoms with E-state index in [1.165, 1.54) is 5.56 Å². The zero-order valence-electron chi connectivity index (χ0n) is 13.8. The Morgan fingerprint density at radius 2 is 1.83 bits per heavy atom. The van der Waals surface area contributed by atoms with Gasteiger partial charge in [-0.25, -0.2) is 0 Å². The fourth-order valence-electron chi connectivity index (χ4n) is 2.45. The lowest BCUT2D eigenvalue weighted by Crippen LogP contribution is -2.12. The zero-order chi connectivity index (χ0) is 17.3. The minimum absolute atomic E-state index is 0.133. The summed E-state index contributed by atoms with van der Waals surface area (Å²) in [6.45, 7) is 5.96.